The van der Waals surface area contributed by atoms with Gasteiger partial charge in [0, 0.05) is 10.0 Å². The molecule has 138 valence electrons. The molecular weight excluding hydrogens is 404 g/mol. The lowest BCUT2D eigenvalue weighted by Crippen LogP contribution is -2.54. The number of carboxylic acids is 1. The molecule has 1 aliphatic heterocycles. The standard InChI is InChI=1S/C18H19BrN2O5/c1-4-18(17(3,9-20)16(24)25-5-2)11-8-10(19)6-7-12(11)26-14(21)13(18)15(22)23/h6-8H,4-5,21H2,1-3H3,(H,22,23). The molecule has 1 aromatic rings. The number of aliphatic carboxylic acids is 1. The van der Waals surface area contributed by atoms with Crippen molar-refractivity contribution in [1.82, 2.24) is 0 Å². The van der Waals surface area contributed by atoms with E-state index in [9.17, 15) is 20.0 Å². The van der Waals surface area contributed by atoms with Crippen molar-refractivity contribution in [2.24, 2.45) is 11.1 Å². The highest BCUT2D eigenvalue weighted by Crippen LogP contribution is 2.56. The Morgan fingerprint density at radius 3 is 2.62 bits per heavy atom. The van der Waals surface area contributed by atoms with E-state index in [0.29, 0.717) is 15.8 Å². The summed E-state index contributed by atoms with van der Waals surface area (Å²) in [6.45, 7) is 4.74. The number of fused-ring (bicyclic) bond motifs is 1. The Kier molecular flexibility index (Phi) is 5.33. The fourth-order valence-corrected chi connectivity index (χ4v) is 3.92. The third-order valence-corrected chi connectivity index (χ3v) is 5.29. The zero-order valence-corrected chi connectivity index (χ0v) is 16.2. The van der Waals surface area contributed by atoms with Gasteiger partial charge in [-0.15, -0.1) is 0 Å². The molecule has 0 amide bonds. The maximum absolute atomic E-state index is 12.8. The lowest BCUT2D eigenvalue weighted by Gasteiger charge is -2.45. The van der Waals surface area contributed by atoms with E-state index >= 15 is 0 Å². The first kappa shape index (κ1) is 19.8. The van der Waals surface area contributed by atoms with Crippen LogP contribution in [0.4, 0.5) is 0 Å². The van der Waals surface area contributed by atoms with Gasteiger partial charge in [-0.1, -0.05) is 22.9 Å². The highest BCUT2D eigenvalue weighted by molar-refractivity contribution is 9.10. The Morgan fingerprint density at radius 2 is 2.12 bits per heavy atom. The normalized spacial score (nSPS) is 21.0. The van der Waals surface area contributed by atoms with E-state index in [4.69, 9.17) is 15.2 Å². The van der Waals surface area contributed by atoms with E-state index in [1.54, 1.807) is 32.0 Å². The van der Waals surface area contributed by atoms with Crippen molar-refractivity contribution >= 4 is 27.9 Å². The summed E-state index contributed by atoms with van der Waals surface area (Å²) in [7, 11) is 0. The summed E-state index contributed by atoms with van der Waals surface area (Å²) in [5.41, 5.74) is 2.58. The first-order chi connectivity index (χ1) is 12.2. The molecule has 0 bridgehead atoms. The third kappa shape index (κ3) is 2.63. The molecule has 2 atom stereocenters. The van der Waals surface area contributed by atoms with Crippen LogP contribution in [0.3, 0.4) is 0 Å². The number of rotatable bonds is 5. The predicted octanol–water partition coefficient (Wildman–Crippen LogP) is 2.84. The number of carboxylic acid groups (broad SMARTS) is 1. The van der Waals surface area contributed by atoms with Crippen LogP contribution in [0.15, 0.2) is 34.1 Å². The molecule has 0 fully saturated rings. The molecule has 0 aromatic heterocycles. The number of carbonyl (C=O) groups excluding carboxylic acids is 1. The average Bonchev–Trinajstić information content (AvgIpc) is 2.60. The second kappa shape index (κ2) is 7.00. The Labute approximate surface area is 159 Å². The maximum atomic E-state index is 12.8. The van der Waals surface area contributed by atoms with E-state index in [1.165, 1.54) is 6.92 Å². The summed E-state index contributed by atoms with van der Waals surface area (Å²) in [5, 5.41) is 19.8. The average molecular weight is 423 g/mol. The van der Waals surface area contributed by atoms with Crippen molar-refractivity contribution in [3.63, 3.8) is 0 Å². The molecule has 0 saturated heterocycles. The van der Waals surface area contributed by atoms with E-state index < -0.39 is 22.8 Å². The molecule has 8 heteroatoms. The summed E-state index contributed by atoms with van der Waals surface area (Å²) >= 11 is 3.35. The van der Waals surface area contributed by atoms with Gasteiger partial charge in [0.05, 0.1) is 18.1 Å². The zero-order chi connectivity index (χ0) is 19.7. The minimum absolute atomic E-state index is 0.0549. The summed E-state index contributed by atoms with van der Waals surface area (Å²) in [5.74, 6) is -2.23. The summed E-state index contributed by atoms with van der Waals surface area (Å²) in [6, 6.07) is 6.94. The van der Waals surface area contributed by atoms with E-state index in [0.717, 1.165) is 0 Å². The summed E-state index contributed by atoms with van der Waals surface area (Å²) in [4.78, 5) is 24.9. The number of benzene rings is 1. The van der Waals surface area contributed by atoms with Crippen LogP contribution in [0.25, 0.3) is 0 Å². The number of nitriles is 1. The van der Waals surface area contributed by atoms with Gasteiger partial charge < -0.3 is 20.3 Å². The number of halogens is 1. The van der Waals surface area contributed by atoms with Crippen molar-refractivity contribution in [1.29, 1.82) is 5.26 Å². The number of nitrogens with two attached hydrogens (primary N) is 1. The van der Waals surface area contributed by atoms with Gasteiger partial charge in [-0.3, -0.25) is 4.79 Å². The highest BCUT2D eigenvalue weighted by Gasteiger charge is 2.62. The van der Waals surface area contributed by atoms with Crippen molar-refractivity contribution < 1.29 is 24.2 Å². The van der Waals surface area contributed by atoms with Gasteiger partial charge in [0.15, 0.2) is 5.41 Å². The van der Waals surface area contributed by atoms with E-state index in [2.05, 4.69) is 15.9 Å². The van der Waals surface area contributed by atoms with Gasteiger partial charge >= 0.3 is 11.9 Å². The van der Waals surface area contributed by atoms with Gasteiger partial charge in [-0.2, -0.15) is 5.26 Å². The molecule has 2 rings (SSSR count). The summed E-state index contributed by atoms with van der Waals surface area (Å²) < 4.78 is 11.3. The maximum Gasteiger partial charge on any atom is 0.337 e. The first-order valence-corrected chi connectivity index (χ1v) is 8.78. The Hall–Kier alpha value is -2.53. The second-order valence-corrected chi connectivity index (χ2v) is 6.92. The van der Waals surface area contributed by atoms with Gasteiger partial charge in [0.2, 0.25) is 5.88 Å². The Balaban J connectivity index is 2.97. The molecule has 1 aliphatic rings. The van der Waals surface area contributed by atoms with Gasteiger partial charge in [0.25, 0.3) is 0 Å². The van der Waals surface area contributed by atoms with Crippen LogP contribution in [0, 0.1) is 16.7 Å². The molecule has 0 saturated carbocycles. The van der Waals surface area contributed by atoms with Crippen LogP contribution in [0.1, 0.15) is 32.8 Å². The van der Waals surface area contributed by atoms with Gasteiger partial charge in [0.1, 0.15) is 11.3 Å². The zero-order valence-electron chi connectivity index (χ0n) is 14.6. The quantitative estimate of drug-likeness (QED) is 0.699. The molecule has 3 N–H and O–H groups in total. The first-order valence-electron chi connectivity index (χ1n) is 7.99. The Morgan fingerprint density at radius 1 is 1.46 bits per heavy atom. The van der Waals surface area contributed by atoms with Crippen molar-refractivity contribution in [3.05, 3.63) is 39.7 Å². The van der Waals surface area contributed by atoms with Crippen molar-refractivity contribution in [3.8, 4) is 11.8 Å². The van der Waals surface area contributed by atoms with Crippen LogP contribution < -0.4 is 10.5 Å². The molecule has 1 aromatic carbocycles. The smallest absolute Gasteiger partial charge is 0.337 e. The molecule has 0 spiro atoms. The molecule has 1 heterocycles. The monoisotopic (exact) mass is 422 g/mol. The predicted molar refractivity (Wildman–Crippen MR) is 95.9 cm³/mol. The molecule has 0 aliphatic carbocycles. The number of hydrogen-bond donors (Lipinski definition) is 2. The topological polar surface area (TPSA) is 123 Å². The van der Waals surface area contributed by atoms with Crippen molar-refractivity contribution in [2.75, 3.05) is 6.61 Å². The SMILES string of the molecule is CCOC(=O)C(C)(C#N)C1(CC)C(C(=O)O)=C(N)Oc2ccc(Br)cc21. The minimum atomic E-state index is -1.84. The molecule has 0 radical (unpaired) electrons. The molecule has 2 unspecified atom stereocenters. The number of carbonyl (C=O) groups is 2. The van der Waals surface area contributed by atoms with Crippen LogP contribution >= 0.6 is 15.9 Å². The van der Waals surface area contributed by atoms with Crippen molar-refractivity contribution in [2.45, 2.75) is 32.6 Å². The number of hydrogen-bond acceptors (Lipinski definition) is 6. The number of ether oxygens (including phenoxy) is 2. The van der Waals surface area contributed by atoms with E-state index in [-0.39, 0.29) is 24.5 Å². The molecular formula is C18H19BrN2O5. The highest BCUT2D eigenvalue weighted by atomic mass is 79.9. The van der Waals surface area contributed by atoms with Crippen LogP contribution in [0.5, 0.6) is 5.75 Å². The summed E-state index contributed by atoms with van der Waals surface area (Å²) in [6.07, 6.45) is 0.116. The van der Waals surface area contributed by atoms with Crippen LogP contribution in [-0.4, -0.2) is 23.7 Å². The number of esters is 1. The van der Waals surface area contributed by atoms with E-state index in [1.807, 2.05) is 6.07 Å². The molecule has 26 heavy (non-hydrogen) atoms. The Bertz CT molecular complexity index is 844. The fraction of sp³-hybridized carbons (Fsp3) is 0.389. The second-order valence-electron chi connectivity index (χ2n) is 6.00. The molecule has 7 nitrogen and oxygen atoms in total. The largest absolute Gasteiger partial charge is 0.478 e. The van der Waals surface area contributed by atoms with Crippen LogP contribution in [0.2, 0.25) is 0 Å². The number of nitrogens with zero attached hydrogens (tertiary/aromatic N) is 1. The van der Waals surface area contributed by atoms with Crippen LogP contribution in [-0.2, 0) is 19.7 Å². The minimum Gasteiger partial charge on any atom is -0.478 e. The lowest BCUT2D eigenvalue weighted by atomic mass is 9.55. The third-order valence-electron chi connectivity index (χ3n) is 4.80. The van der Waals surface area contributed by atoms with Gasteiger partial charge in [-0.25, -0.2) is 4.79 Å². The van der Waals surface area contributed by atoms with Gasteiger partial charge in [-0.05, 0) is 38.5 Å². The fourth-order valence-electron chi connectivity index (χ4n) is 3.56. The lowest BCUT2D eigenvalue weighted by molar-refractivity contribution is -0.155.